The molecule has 1 heterocycles. The quantitative estimate of drug-likeness (QED) is 0.546. The molecule has 0 saturated carbocycles. The van der Waals surface area contributed by atoms with Gasteiger partial charge in [0.2, 0.25) is 0 Å². The summed E-state index contributed by atoms with van der Waals surface area (Å²) in [6, 6.07) is 0.569. The minimum Gasteiger partial charge on any atom is -0.269 e. The van der Waals surface area contributed by atoms with E-state index in [4.69, 9.17) is 5.84 Å². The van der Waals surface area contributed by atoms with Crippen molar-refractivity contribution in [3.05, 3.63) is 0 Å². The van der Waals surface area contributed by atoms with E-state index in [0.717, 1.165) is 6.54 Å². The summed E-state index contributed by atoms with van der Waals surface area (Å²) < 4.78 is 0. The molecule has 1 saturated heterocycles. The molecule has 1 atom stereocenters. The summed E-state index contributed by atoms with van der Waals surface area (Å²) in [6.07, 6.45) is 1.23. The van der Waals surface area contributed by atoms with E-state index in [0.29, 0.717) is 11.5 Å². The smallest absolute Gasteiger partial charge is 0.0218 e. The van der Waals surface area contributed by atoms with Crippen LogP contribution in [0.2, 0.25) is 0 Å². The first-order valence-corrected chi connectivity index (χ1v) is 4.53. The molecule has 1 aliphatic rings. The second-order valence-corrected chi connectivity index (χ2v) is 3.89. The van der Waals surface area contributed by atoms with Crippen molar-refractivity contribution in [2.24, 2.45) is 11.3 Å². The molecule has 0 aliphatic carbocycles. The molecule has 1 rings (SSSR count). The molecule has 1 unspecified atom stereocenters. The molecule has 0 bridgehead atoms. The normalized spacial score (nSPS) is 29.5. The Hall–Kier alpha value is -0.0800. The predicted molar refractivity (Wildman–Crippen MR) is 50.1 cm³/mol. The lowest BCUT2D eigenvalue weighted by molar-refractivity contribution is 0.261. The van der Waals surface area contributed by atoms with Crippen molar-refractivity contribution in [2.45, 2.75) is 47.1 Å². The van der Waals surface area contributed by atoms with Gasteiger partial charge in [-0.15, -0.1) is 0 Å². The number of rotatable bonds is 0. The Balaban J connectivity index is 0.000000461. The zero-order valence-electron chi connectivity index (χ0n) is 8.52. The molecule has 1 fully saturated rings. The number of hydrazine groups is 1. The van der Waals surface area contributed by atoms with Crippen LogP contribution in [0.5, 0.6) is 0 Å². The third-order valence-electron chi connectivity index (χ3n) is 2.02. The van der Waals surface area contributed by atoms with E-state index in [1.165, 1.54) is 6.42 Å². The van der Waals surface area contributed by atoms with Crippen molar-refractivity contribution in [1.29, 1.82) is 0 Å². The van der Waals surface area contributed by atoms with Gasteiger partial charge in [0, 0.05) is 12.6 Å². The van der Waals surface area contributed by atoms with Crippen LogP contribution in [-0.4, -0.2) is 17.6 Å². The summed E-state index contributed by atoms with van der Waals surface area (Å²) in [5.41, 5.74) is 0.439. The van der Waals surface area contributed by atoms with Crippen LogP contribution < -0.4 is 5.84 Å². The highest BCUT2D eigenvalue weighted by Gasteiger charge is 2.32. The molecule has 2 N–H and O–H groups in total. The van der Waals surface area contributed by atoms with Gasteiger partial charge in [-0.25, -0.2) is 5.01 Å². The standard InChI is InChI=1S/C7H16N2.C2H6/c1-6-4-7(2,3)5-9(6)8;1-2/h6H,4-5,8H2,1-3H3;1-2H3. The summed E-state index contributed by atoms with van der Waals surface area (Å²) in [4.78, 5) is 0. The fourth-order valence-electron chi connectivity index (χ4n) is 1.63. The topological polar surface area (TPSA) is 29.3 Å². The van der Waals surface area contributed by atoms with E-state index in [-0.39, 0.29) is 0 Å². The molecular weight excluding hydrogens is 136 g/mol. The third kappa shape index (κ3) is 3.21. The van der Waals surface area contributed by atoms with Gasteiger partial charge in [-0.05, 0) is 18.8 Å². The predicted octanol–water partition coefficient (Wildman–Crippen LogP) is 2.01. The first-order valence-electron chi connectivity index (χ1n) is 4.53. The van der Waals surface area contributed by atoms with E-state index >= 15 is 0 Å². The average molecular weight is 158 g/mol. The van der Waals surface area contributed by atoms with Crippen LogP contribution >= 0.6 is 0 Å². The van der Waals surface area contributed by atoms with Crippen molar-refractivity contribution in [3.63, 3.8) is 0 Å². The third-order valence-corrected chi connectivity index (χ3v) is 2.02. The zero-order chi connectivity index (χ0) is 9.07. The summed E-state index contributed by atoms with van der Waals surface area (Å²) in [7, 11) is 0. The largest absolute Gasteiger partial charge is 0.269 e. The molecule has 2 heteroatoms. The van der Waals surface area contributed by atoms with Crippen molar-refractivity contribution in [2.75, 3.05) is 6.54 Å². The molecular formula is C9H22N2. The highest BCUT2D eigenvalue weighted by atomic mass is 15.4. The van der Waals surface area contributed by atoms with Gasteiger partial charge in [0.1, 0.15) is 0 Å². The number of hydrogen-bond donors (Lipinski definition) is 1. The van der Waals surface area contributed by atoms with Gasteiger partial charge in [-0.2, -0.15) is 0 Å². The Labute approximate surface area is 70.7 Å². The van der Waals surface area contributed by atoms with Crippen LogP contribution in [0.25, 0.3) is 0 Å². The summed E-state index contributed by atoms with van der Waals surface area (Å²) in [5.74, 6) is 5.69. The zero-order valence-corrected chi connectivity index (χ0v) is 8.52. The highest BCUT2D eigenvalue weighted by Crippen LogP contribution is 2.30. The maximum absolute atomic E-state index is 5.69. The molecule has 0 amide bonds. The Bertz CT molecular complexity index is 98.1. The highest BCUT2D eigenvalue weighted by molar-refractivity contribution is 4.85. The van der Waals surface area contributed by atoms with Gasteiger partial charge in [0.25, 0.3) is 0 Å². The summed E-state index contributed by atoms with van der Waals surface area (Å²) in [5, 5.41) is 1.93. The number of hydrogen-bond acceptors (Lipinski definition) is 2. The molecule has 0 radical (unpaired) electrons. The minimum atomic E-state index is 0.439. The maximum Gasteiger partial charge on any atom is 0.0218 e. The van der Waals surface area contributed by atoms with Gasteiger partial charge in [0.15, 0.2) is 0 Å². The van der Waals surface area contributed by atoms with E-state index in [9.17, 15) is 0 Å². The molecule has 0 aromatic heterocycles. The first-order chi connectivity index (χ1) is 5.01. The molecule has 0 aromatic rings. The summed E-state index contributed by atoms with van der Waals surface area (Å²) in [6.45, 7) is 11.7. The van der Waals surface area contributed by atoms with Crippen LogP contribution in [0.3, 0.4) is 0 Å². The van der Waals surface area contributed by atoms with Gasteiger partial charge >= 0.3 is 0 Å². The van der Waals surface area contributed by atoms with E-state index in [1.807, 2.05) is 18.9 Å². The van der Waals surface area contributed by atoms with Crippen LogP contribution in [0.1, 0.15) is 41.0 Å². The fraction of sp³-hybridized carbons (Fsp3) is 1.00. The first kappa shape index (κ1) is 10.9. The van der Waals surface area contributed by atoms with Crippen LogP contribution in [-0.2, 0) is 0 Å². The summed E-state index contributed by atoms with van der Waals surface area (Å²) >= 11 is 0. The van der Waals surface area contributed by atoms with Gasteiger partial charge in [-0.3, -0.25) is 5.84 Å². The monoisotopic (exact) mass is 158 g/mol. The molecule has 2 nitrogen and oxygen atoms in total. The lowest BCUT2D eigenvalue weighted by atomic mass is 9.91. The molecule has 68 valence electrons. The van der Waals surface area contributed by atoms with Crippen molar-refractivity contribution >= 4 is 0 Å². The number of nitrogens with two attached hydrogens (primary N) is 1. The van der Waals surface area contributed by atoms with Gasteiger partial charge in [-0.1, -0.05) is 27.7 Å². The van der Waals surface area contributed by atoms with Crippen LogP contribution in [0, 0.1) is 5.41 Å². The lowest BCUT2D eigenvalue weighted by Crippen LogP contribution is -2.34. The fourth-order valence-corrected chi connectivity index (χ4v) is 1.63. The van der Waals surface area contributed by atoms with Gasteiger partial charge < -0.3 is 0 Å². The maximum atomic E-state index is 5.69. The van der Waals surface area contributed by atoms with Crippen molar-refractivity contribution < 1.29 is 0 Å². The van der Waals surface area contributed by atoms with E-state index in [1.54, 1.807) is 0 Å². The Kier molecular flexibility index (Phi) is 4.04. The molecule has 1 aliphatic heterocycles. The average Bonchev–Trinajstić information content (AvgIpc) is 2.10. The Morgan fingerprint density at radius 2 is 1.82 bits per heavy atom. The van der Waals surface area contributed by atoms with Crippen LogP contribution in [0.4, 0.5) is 0 Å². The van der Waals surface area contributed by atoms with E-state index < -0.39 is 0 Å². The number of nitrogens with zero attached hydrogens (tertiary/aromatic N) is 1. The Morgan fingerprint density at radius 3 is 1.91 bits per heavy atom. The minimum absolute atomic E-state index is 0.439. The van der Waals surface area contributed by atoms with E-state index in [2.05, 4.69) is 20.8 Å². The Morgan fingerprint density at radius 1 is 1.36 bits per heavy atom. The van der Waals surface area contributed by atoms with Crippen molar-refractivity contribution in [1.82, 2.24) is 5.01 Å². The van der Waals surface area contributed by atoms with Crippen molar-refractivity contribution in [3.8, 4) is 0 Å². The second kappa shape index (κ2) is 4.07. The molecule has 0 spiro atoms. The molecule has 0 aromatic carbocycles. The second-order valence-electron chi connectivity index (χ2n) is 3.89. The molecule has 11 heavy (non-hydrogen) atoms. The SMILES string of the molecule is CC.CC1CC(C)(C)CN1N. The lowest BCUT2D eigenvalue weighted by Gasteiger charge is -2.15. The van der Waals surface area contributed by atoms with Gasteiger partial charge in [0.05, 0.1) is 0 Å². The van der Waals surface area contributed by atoms with Crippen LogP contribution in [0.15, 0.2) is 0 Å².